The van der Waals surface area contributed by atoms with E-state index in [0.717, 1.165) is 23.9 Å². The summed E-state index contributed by atoms with van der Waals surface area (Å²) in [5.74, 6) is 1.72. The van der Waals surface area contributed by atoms with E-state index in [1.807, 2.05) is 31.1 Å². The zero-order valence-corrected chi connectivity index (χ0v) is 15.1. The molecule has 1 aliphatic rings. The normalized spacial score (nSPS) is 20.9. The van der Waals surface area contributed by atoms with Gasteiger partial charge in [-0.2, -0.15) is 0 Å². The van der Waals surface area contributed by atoms with Gasteiger partial charge in [0.05, 0.1) is 13.0 Å². The monoisotopic (exact) mass is 333 g/mol. The lowest BCUT2D eigenvalue weighted by atomic mass is 9.99. The summed E-state index contributed by atoms with van der Waals surface area (Å²) in [6.07, 6.45) is 1.81. The number of guanidine groups is 1. The molecule has 7 heteroatoms. The molecule has 1 aromatic rings. The Morgan fingerprint density at radius 3 is 2.88 bits per heavy atom. The first kappa shape index (κ1) is 18.0. The number of aromatic nitrogens is 1. The molecule has 0 bridgehead atoms. The molecule has 1 aliphatic heterocycles. The molecule has 0 spiro atoms. The number of nitrogens with zero attached hydrogens (tertiary/aromatic N) is 4. The van der Waals surface area contributed by atoms with Gasteiger partial charge in [-0.3, -0.25) is 9.79 Å². The molecule has 1 fully saturated rings. The van der Waals surface area contributed by atoms with Crippen molar-refractivity contribution in [3.63, 3.8) is 0 Å². The van der Waals surface area contributed by atoms with Crippen LogP contribution in [0, 0.1) is 11.8 Å². The Hall–Kier alpha value is -2.31. The first-order chi connectivity index (χ1) is 11.5. The van der Waals surface area contributed by atoms with Crippen LogP contribution in [0.25, 0.3) is 0 Å². The number of esters is 1. The van der Waals surface area contributed by atoms with Crippen molar-refractivity contribution < 1.29 is 9.53 Å². The number of methoxy groups -OCH3 is 1. The molecule has 2 atom stereocenters. The largest absolute Gasteiger partial charge is 0.469 e. The van der Waals surface area contributed by atoms with Gasteiger partial charge in [-0.1, -0.05) is 6.92 Å². The van der Waals surface area contributed by atoms with Crippen LogP contribution in [0.2, 0.25) is 0 Å². The molecule has 0 saturated carbocycles. The third-order valence-corrected chi connectivity index (χ3v) is 4.35. The van der Waals surface area contributed by atoms with Crippen LogP contribution in [0.3, 0.4) is 0 Å². The van der Waals surface area contributed by atoms with Gasteiger partial charge in [0.1, 0.15) is 5.82 Å². The van der Waals surface area contributed by atoms with Crippen molar-refractivity contribution in [2.24, 2.45) is 16.8 Å². The molecule has 1 saturated heterocycles. The van der Waals surface area contributed by atoms with E-state index in [0.29, 0.717) is 13.1 Å². The van der Waals surface area contributed by atoms with E-state index in [-0.39, 0.29) is 17.8 Å². The number of hydrogen-bond donors (Lipinski definition) is 1. The summed E-state index contributed by atoms with van der Waals surface area (Å²) < 4.78 is 4.89. The molecule has 1 N–H and O–H groups in total. The summed E-state index contributed by atoms with van der Waals surface area (Å²) in [5, 5.41) is 3.37. The molecular formula is C17H27N5O2. The standard InChI is InChI=1S/C17H27N5O2/c1-12-10-22(11-14(12)16(23)24-5)17(18-2)20-9-13-6-7-19-15(8-13)21(3)4/h6-8,12,14H,9-11H2,1-5H3,(H,18,20). The van der Waals surface area contributed by atoms with Crippen LogP contribution in [0.4, 0.5) is 5.82 Å². The maximum absolute atomic E-state index is 11.8. The lowest BCUT2D eigenvalue weighted by Crippen LogP contribution is -2.40. The molecule has 2 rings (SSSR count). The van der Waals surface area contributed by atoms with E-state index in [9.17, 15) is 4.79 Å². The van der Waals surface area contributed by atoms with Crippen LogP contribution in [0.15, 0.2) is 23.3 Å². The third-order valence-electron chi connectivity index (χ3n) is 4.35. The van der Waals surface area contributed by atoms with Crippen LogP contribution in [-0.2, 0) is 16.1 Å². The first-order valence-electron chi connectivity index (χ1n) is 8.12. The zero-order valence-electron chi connectivity index (χ0n) is 15.1. The molecule has 0 radical (unpaired) electrons. The molecule has 2 heterocycles. The van der Waals surface area contributed by atoms with Gasteiger partial charge in [-0.25, -0.2) is 4.98 Å². The van der Waals surface area contributed by atoms with Gasteiger partial charge in [0, 0.05) is 47.0 Å². The van der Waals surface area contributed by atoms with E-state index < -0.39 is 0 Å². The fourth-order valence-corrected chi connectivity index (χ4v) is 2.93. The Morgan fingerprint density at radius 1 is 1.50 bits per heavy atom. The number of pyridine rings is 1. The smallest absolute Gasteiger partial charge is 0.310 e. The summed E-state index contributed by atoms with van der Waals surface area (Å²) in [6, 6.07) is 4.03. The van der Waals surface area contributed by atoms with Gasteiger partial charge in [-0.05, 0) is 23.6 Å². The zero-order chi connectivity index (χ0) is 17.7. The minimum Gasteiger partial charge on any atom is -0.469 e. The Kier molecular flexibility index (Phi) is 6.00. The lowest BCUT2D eigenvalue weighted by Gasteiger charge is -2.22. The van der Waals surface area contributed by atoms with Crippen molar-refractivity contribution in [2.45, 2.75) is 13.5 Å². The maximum atomic E-state index is 11.8. The number of hydrogen-bond acceptors (Lipinski definition) is 5. The Balaban J connectivity index is 1.98. The summed E-state index contributed by atoms with van der Waals surface area (Å²) in [6.45, 7) is 4.15. The minimum atomic E-state index is -0.148. The van der Waals surface area contributed by atoms with Crippen LogP contribution < -0.4 is 10.2 Å². The molecule has 2 unspecified atom stereocenters. The highest BCUT2D eigenvalue weighted by atomic mass is 16.5. The van der Waals surface area contributed by atoms with Crippen LogP contribution in [0.5, 0.6) is 0 Å². The molecule has 132 valence electrons. The minimum absolute atomic E-state index is 0.102. The van der Waals surface area contributed by atoms with Gasteiger partial charge in [-0.15, -0.1) is 0 Å². The fraction of sp³-hybridized carbons (Fsp3) is 0.588. The Morgan fingerprint density at radius 2 is 2.25 bits per heavy atom. The topological polar surface area (TPSA) is 70.1 Å². The van der Waals surface area contributed by atoms with Gasteiger partial charge >= 0.3 is 5.97 Å². The number of anilines is 1. The fourth-order valence-electron chi connectivity index (χ4n) is 2.93. The second-order valence-electron chi connectivity index (χ2n) is 6.33. The van der Waals surface area contributed by atoms with Crippen LogP contribution in [-0.4, -0.2) is 63.2 Å². The number of carbonyl (C=O) groups excluding carboxylic acids is 1. The summed E-state index contributed by atoms with van der Waals surface area (Å²) in [5.41, 5.74) is 1.13. The van der Waals surface area contributed by atoms with Gasteiger partial charge < -0.3 is 19.9 Å². The lowest BCUT2D eigenvalue weighted by molar-refractivity contribution is -0.145. The summed E-state index contributed by atoms with van der Waals surface area (Å²) in [4.78, 5) is 24.6. The van der Waals surface area contributed by atoms with Crippen LogP contribution >= 0.6 is 0 Å². The number of rotatable bonds is 4. The quantitative estimate of drug-likeness (QED) is 0.503. The van der Waals surface area contributed by atoms with E-state index in [4.69, 9.17) is 4.74 Å². The highest BCUT2D eigenvalue weighted by Crippen LogP contribution is 2.24. The van der Waals surface area contributed by atoms with Gasteiger partial charge in [0.15, 0.2) is 5.96 Å². The average molecular weight is 333 g/mol. The summed E-state index contributed by atoms with van der Waals surface area (Å²) >= 11 is 0. The predicted molar refractivity (Wildman–Crippen MR) is 95.0 cm³/mol. The van der Waals surface area contributed by atoms with Gasteiger partial charge in [0.2, 0.25) is 0 Å². The number of ether oxygens (including phenoxy) is 1. The van der Waals surface area contributed by atoms with Crippen molar-refractivity contribution in [3.8, 4) is 0 Å². The van der Waals surface area contributed by atoms with Crippen molar-refractivity contribution in [1.82, 2.24) is 15.2 Å². The molecule has 24 heavy (non-hydrogen) atoms. The first-order valence-corrected chi connectivity index (χ1v) is 8.12. The van der Waals surface area contributed by atoms with E-state index in [2.05, 4.69) is 27.1 Å². The average Bonchev–Trinajstić information content (AvgIpc) is 2.96. The van der Waals surface area contributed by atoms with E-state index in [1.54, 1.807) is 13.2 Å². The third kappa shape index (κ3) is 4.15. The van der Waals surface area contributed by atoms with Crippen molar-refractivity contribution >= 4 is 17.7 Å². The molecule has 0 aliphatic carbocycles. The predicted octanol–water partition coefficient (Wildman–Crippen LogP) is 0.964. The van der Waals surface area contributed by atoms with Crippen molar-refractivity contribution in [2.75, 3.05) is 46.2 Å². The maximum Gasteiger partial charge on any atom is 0.310 e. The molecule has 0 amide bonds. The number of nitrogens with one attached hydrogen (secondary N) is 1. The van der Waals surface area contributed by atoms with Gasteiger partial charge in [0.25, 0.3) is 0 Å². The number of likely N-dealkylation sites (tertiary alicyclic amines) is 1. The highest BCUT2D eigenvalue weighted by Gasteiger charge is 2.36. The van der Waals surface area contributed by atoms with E-state index in [1.165, 1.54) is 7.11 Å². The molecule has 1 aromatic heterocycles. The Labute approximate surface area is 143 Å². The second-order valence-corrected chi connectivity index (χ2v) is 6.33. The number of carbonyl (C=O) groups is 1. The molecular weight excluding hydrogens is 306 g/mol. The summed E-state index contributed by atoms with van der Waals surface area (Å²) in [7, 11) is 7.14. The van der Waals surface area contributed by atoms with Crippen molar-refractivity contribution in [3.05, 3.63) is 23.9 Å². The van der Waals surface area contributed by atoms with Crippen LogP contribution in [0.1, 0.15) is 12.5 Å². The SMILES string of the molecule is CN=C(NCc1ccnc(N(C)C)c1)N1CC(C)C(C(=O)OC)C1. The Bertz CT molecular complexity index is 602. The van der Waals surface area contributed by atoms with Crippen molar-refractivity contribution in [1.29, 1.82) is 0 Å². The molecule has 7 nitrogen and oxygen atoms in total. The highest BCUT2D eigenvalue weighted by molar-refractivity contribution is 5.82. The number of aliphatic imine (C=N–C) groups is 1. The molecule has 0 aromatic carbocycles. The van der Waals surface area contributed by atoms with E-state index >= 15 is 0 Å². The second kappa shape index (κ2) is 7.99.